The van der Waals surface area contributed by atoms with E-state index in [1.165, 1.54) is 111 Å². The maximum Gasteiger partial charge on any atom is 0.159 e. The first-order valence-corrected chi connectivity index (χ1v) is 27.1. The van der Waals surface area contributed by atoms with Crippen molar-refractivity contribution in [2.24, 2.45) is 0 Å². The molecule has 76 heavy (non-hydrogen) atoms. The predicted octanol–water partition coefficient (Wildman–Crippen LogP) is 19.5. The van der Waals surface area contributed by atoms with Gasteiger partial charge in [0.25, 0.3) is 0 Å². The summed E-state index contributed by atoms with van der Waals surface area (Å²) in [5, 5.41) is 4.64. The molecule has 4 aliphatic carbocycles. The molecule has 2 nitrogen and oxygen atoms in total. The lowest BCUT2D eigenvalue weighted by Gasteiger charge is -2.34. The fourth-order valence-corrected chi connectivity index (χ4v) is 14.7. The van der Waals surface area contributed by atoms with Crippen LogP contribution in [0.3, 0.4) is 0 Å². The average Bonchev–Trinajstić information content (AvgIpc) is 4.24. The van der Waals surface area contributed by atoms with Gasteiger partial charge in [-0.1, -0.05) is 236 Å². The van der Waals surface area contributed by atoms with Crippen molar-refractivity contribution < 1.29 is 4.42 Å². The Balaban J connectivity index is 1.03. The van der Waals surface area contributed by atoms with Gasteiger partial charge in [0.2, 0.25) is 0 Å². The third-order valence-electron chi connectivity index (χ3n) is 18.0. The van der Waals surface area contributed by atoms with Crippen LogP contribution in [0.5, 0.6) is 0 Å². The number of anilines is 3. The van der Waals surface area contributed by atoms with E-state index in [4.69, 9.17) is 4.42 Å². The number of benzene rings is 11. The average molecular weight is 974 g/mol. The van der Waals surface area contributed by atoms with E-state index in [2.05, 4.69) is 271 Å². The van der Waals surface area contributed by atoms with Crippen LogP contribution < -0.4 is 4.90 Å². The minimum atomic E-state index is -0.586. The van der Waals surface area contributed by atoms with Crippen LogP contribution in [0.1, 0.15) is 97.2 Å². The summed E-state index contributed by atoms with van der Waals surface area (Å²) in [6, 6.07) is 85.7. The molecular formula is C74H55NO. The maximum absolute atomic E-state index is 7.27. The fraction of sp³-hybridized carbons (Fsp3) is 0.135. The first-order valence-electron chi connectivity index (χ1n) is 27.1. The molecular weight excluding hydrogens is 919 g/mol. The van der Waals surface area contributed by atoms with Crippen molar-refractivity contribution in [2.45, 2.75) is 63.2 Å². The maximum atomic E-state index is 7.27. The minimum absolute atomic E-state index is 0.0561. The first kappa shape index (κ1) is 43.7. The van der Waals surface area contributed by atoms with E-state index in [9.17, 15) is 0 Å². The lowest BCUT2D eigenvalue weighted by atomic mass is 9.68. The highest BCUT2D eigenvalue weighted by Crippen LogP contribution is 2.67. The van der Waals surface area contributed by atoms with Crippen LogP contribution in [0.4, 0.5) is 17.1 Å². The Labute approximate surface area is 444 Å². The van der Waals surface area contributed by atoms with Crippen molar-refractivity contribution in [3.63, 3.8) is 0 Å². The van der Waals surface area contributed by atoms with E-state index in [0.717, 1.165) is 39.0 Å². The topological polar surface area (TPSA) is 16.4 Å². The van der Waals surface area contributed by atoms with Crippen LogP contribution >= 0.6 is 0 Å². The Hall–Kier alpha value is -8.72. The number of nitrogens with zero attached hydrogens (tertiary/aromatic N) is 1. The molecule has 0 saturated carbocycles. The van der Waals surface area contributed by atoms with Crippen LogP contribution in [0.15, 0.2) is 229 Å². The molecule has 1 heterocycles. The predicted molar refractivity (Wildman–Crippen MR) is 316 cm³/mol. The lowest BCUT2D eigenvalue weighted by Crippen LogP contribution is -2.27. The molecule has 0 fully saturated rings. The smallest absolute Gasteiger partial charge is 0.159 e. The Morgan fingerprint density at radius 1 is 0.342 bits per heavy atom. The zero-order valence-electron chi connectivity index (χ0n) is 43.7. The fourth-order valence-electron chi connectivity index (χ4n) is 14.7. The Bertz CT molecular complexity index is 4400. The van der Waals surface area contributed by atoms with Crippen molar-refractivity contribution in [1.29, 1.82) is 0 Å². The second-order valence-electron chi connectivity index (χ2n) is 23.9. The second kappa shape index (κ2) is 15.0. The van der Waals surface area contributed by atoms with Gasteiger partial charge in [0.1, 0.15) is 5.58 Å². The van der Waals surface area contributed by atoms with Crippen LogP contribution in [-0.4, -0.2) is 0 Å². The summed E-state index contributed by atoms with van der Waals surface area (Å²) in [6.45, 7) is 14.1. The Morgan fingerprint density at radius 2 is 0.789 bits per heavy atom. The quantitative estimate of drug-likeness (QED) is 0.175. The number of hydrogen-bond donors (Lipinski definition) is 0. The van der Waals surface area contributed by atoms with Gasteiger partial charge in [-0.25, -0.2) is 0 Å². The van der Waals surface area contributed by atoms with Crippen molar-refractivity contribution in [3.05, 3.63) is 280 Å². The molecule has 0 unspecified atom stereocenters. The molecule has 0 atom stereocenters. The highest BCUT2D eigenvalue weighted by molar-refractivity contribution is 6.21. The van der Waals surface area contributed by atoms with Gasteiger partial charge < -0.3 is 9.32 Å². The normalized spacial score (nSPS) is 14.7. The molecule has 0 bridgehead atoms. The summed E-state index contributed by atoms with van der Waals surface area (Å²) in [6.07, 6.45) is 0. The Kier molecular flexibility index (Phi) is 8.61. The molecule has 0 radical (unpaired) electrons. The van der Waals surface area contributed by atoms with Gasteiger partial charge in [-0.05, 0) is 147 Å². The zero-order valence-corrected chi connectivity index (χ0v) is 43.7. The molecule has 2 spiro atoms. The van der Waals surface area contributed by atoms with Crippen molar-refractivity contribution in [1.82, 2.24) is 0 Å². The first-order chi connectivity index (χ1) is 37.0. The second-order valence-corrected chi connectivity index (χ2v) is 23.9. The van der Waals surface area contributed by atoms with E-state index in [1.54, 1.807) is 0 Å². The van der Waals surface area contributed by atoms with Gasteiger partial charge in [0, 0.05) is 22.0 Å². The summed E-state index contributed by atoms with van der Waals surface area (Å²) in [5.74, 6) is 0. The number of fused-ring (bicyclic) bond motifs is 25. The van der Waals surface area contributed by atoms with Crippen LogP contribution in [0, 0.1) is 0 Å². The van der Waals surface area contributed by atoms with Crippen LogP contribution in [-0.2, 0) is 21.7 Å². The molecule has 1 aromatic heterocycles. The van der Waals surface area contributed by atoms with E-state index in [1.807, 2.05) is 0 Å². The summed E-state index contributed by atoms with van der Waals surface area (Å²) in [7, 11) is 0. The molecule has 362 valence electrons. The minimum Gasteiger partial charge on any atom is -0.454 e. The third-order valence-corrected chi connectivity index (χ3v) is 18.0. The number of hydrogen-bond acceptors (Lipinski definition) is 2. The van der Waals surface area contributed by atoms with Gasteiger partial charge in [-0.3, -0.25) is 0 Å². The van der Waals surface area contributed by atoms with E-state index < -0.39 is 10.8 Å². The molecule has 0 amide bonds. The molecule has 11 aromatic carbocycles. The third kappa shape index (κ3) is 5.46. The van der Waals surface area contributed by atoms with Gasteiger partial charge in [-0.15, -0.1) is 0 Å². The summed E-state index contributed by atoms with van der Waals surface area (Å²) in [5.41, 5.74) is 27.3. The highest BCUT2D eigenvalue weighted by atomic mass is 16.3. The summed E-state index contributed by atoms with van der Waals surface area (Å²) < 4.78 is 7.27. The van der Waals surface area contributed by atoms with Gasteiger partial charge >= 0.3 is 0 Å². The van der Waals surface area contributed by atoms with E-state index in [0.29, 0.717) is 0 Å². The SMILES string of the molecule is CC(C)(C)c1ccc2c(c1)C1(c3ccccc3-c3ccc(N(c4cccc5c4-c4ccccc4C54c5ccccc5-c5ccccc54)c4cccc5c4oc4ccc6ccccc6c45)cc31)c1cc(C(C)(C)C)ccc1-2. The standard InChI is InChI=1S/C74H55NO/c1-71(2,3)45-34-37-52-53-38-35-46(72(4,5)6)42-63(53)74(62(52)41-45)59-28-15-11-23-51(59)54-39-36-47(43-64(54)74)75(66-32-17-25-56-68-48-20-8-7-19-44(48)33-40-67(68)76-70(56)66)65-31-18-30-61-69(65)55-24-12-16-29-60(55)73(61)57-26-13-9-21-49(57)50-22-10-14-27-58(50)73/h7-43H,1-6H3. The van der Waals surface area contributed by atoms with E-state index in [-0.39, 0.29) is 10.8 Å². The number of rotatable bonds is 3. The zero-order chi connectivity index (χ0) is 51.0. The van der Waals surface area contributed by atoms with Crippen molar-refractivity contribution >= 4 is 49.8 Å². The van der Waals surface area contributed by atoms with Crippen LogP contribution in [0.2, 0.25) is 0 Å². The molecule has 2 heteroatoms. The Morgan fingerprint density at radius 3 is 1.39 bits per heavy atom. The molecule has 4 aliphatic rings. The number of para-hydroxylation sites is 1. The van der Waals surface area contributed by atoms with Gasteiger partial charge in [-0.2, -0.15) is 0 Å². The largest absolute Gasteiger partial charge is 0.454 e. The van der Waals surface area contributed by atoms with Crippen molar-refractivity contribution in [2.75, 3.05) is 4.90 Å². The molecule has 0 aliphatic heterocycles. The van der Waals surface area contributed by atoms with Gasteiger partial charge in [0.15, 0.2) is 5.58 Å². The highest BCUT2D eigenvalue weighted by Gasteiger charge is 2.54. The summed E-state index contributed by atoms with van der Waals surface area (Å²) >= 11 is 0. The molecule has 16 rings (SSSR count). The lowest BCUT2D eigenvalue weighted by molar-refractivity contribution is 0.586. The molecule has 0 saturated heterocycles. The monoisotopic (exact) mass is 973 g/mol. The van der Waals surface area contributed by atoms with Crippen molar-refractivity contribution in [3.8, 4) is 44.5 Å². The molecule has 0 N–H and O–H groups in total. The van der Waals surface area contributed by atoms with Gasteiger partial charge in [0.05, 0.1) is 22.2 Å². The number of furan rings is 1. The summed E-state index contributed by atoms with van der Waals surface area (Å²) in [4.78, 5) is 2.55. The van der Waals surface area contributed by atoms with E-state index >= 15 is 0 Å². The molecule has 12 aromatic rings. The van der Waals surface area contributed by atoms with Crippen LogP contribution in [0.25, 0.3) is 77.2 Å².